The zero-order chi connectivity index (χ0) is 15.6. The van der Waals surface area contributed by atoms with E-state index >= 15 is 0 Å². The molecule has 0 radical (unpaired) electrons. The Bertz CT molecular complexity index is 783. The van der Waals surface area contributed by atoms with Crippen molar-refractivity contribution in [3.05, 3.63) is 35.2 Å². The van der Waals surface area contributed by atoms with E-state index in [4.69, 9.17) is 0 Å². The molecule has 2 aromatic rings. The fraction of sp³-hybridized carbons (Fsp3) is 0.400. The van der Waals surface area contributed by atoms with Crippen LogP contribution in [0.25, 0.3) is 10.1 Å². The van der Waals surface area contributed by atoms with Gasteiger partial charge in [-0.25, -0.2) is 13.2 Å². The topological polar surface area (TPSA) is 75.3 Å². The van der Waals surface area contributed by atoms with Crippen LogP contribution in [0.3, 0.4) is 0 Å². The molecule has 2 N–H and O–H groups in total. The second-order valence-electron chi connectivity index (χ2n) is 5.45. The molecule has 118 valence electrons. The number of benzene rings is 1. The van der Waals surface area contributed by atoms with Crippen molar-refractivity contribution in [2.45, 2.75) is 24.6 Å². The Labute approximate surface area is 133 Å². The molecule has 0 bridgehead atoms. The van der Waals surface area contributed by atoms with Gasteiger partial charge in [0.25, 0.3) is 0 Å². The number of thiophene rings is 1. The van der Waals surface area contributed by atoms with Gasteiger partial charge in [-0.2, -0.15) is 0 Å². The number of urea groups is 1. The molecule has 0 saturated carbocycles. The summed E-state index contributed by atoms with van der Waals surface area (Å²) in [5, 5.41) is 8.20. The molecule has 1 unspecified atom stereocenters. The fourth-order valence-electron chi connectivity index (χ4n) is 2.70. The molecule has 2 amide bonds. The van der Waals surface area contributed by atoms with Crippen molar-refractivity contribution in [2.75, 3.05) is 12.3 Å². The molecule has 1 fully saturated rings. The summed E-state index contributed by atoms with van der Waals surface area (Å²) < 4.78 is 24.6. The van der Waals surface area contributed by atoms with Gasteiger partial charge in [0.15, 0.2) is 9.84 Å². The first-order valence-electron chi connectivity index (χ1n) is 7.24. The quantitative estimate of drug-likeness (QED) is 0.898. The molecular weight excluding hydrogens is 320 g/mol. The molecule has 1 atom stereocenters. The van der Waals surface area contributed by atoms with Crippen LogP contribution in [0.15, 0.2) is 29.6 Å². The molecule has 1 saturated heterocycles. The van der Waals surface area contributed by atoms with Gasteiger partial charge in [-0.3, -0.25) is 0 Å². The van der Waals surface area contributed by atoms with Crippen molar-refractivity contribution >= 4 is 37.3 Å². The minimum Gasteiger partial charge on any atom is -0.337 e. The summed E-state index contributed by atoms with van der Waals surface area (Å²) in [4.78, 5) is 11.8. The van der Waals surface area contributed by atoms with Gasteiger partial charge in [-0.05, 0) is 35.2 Å². The zero-order valence-electron chi connectivity index (χ0n) is 12.0. The monoisotopic (exact) mass is 338 g/mol. The molecule has 1 aliphatic heterocycles. The van der Waals surface area contributed by atoms with Crippen molar-refractivity contribution in [1.82, 2.24) is 10.6 Å². The third-order valence-corrected chi connectivity index (χ3v) is 7.24. The smallest absolute Gasteiger partial charge is 0.315 e. The summed E-state index contributed by atoms with van der Waals surface area (Å²) in [5.74, 6) is 0.238. The summed E-state index contributed by atoms with van der Waals surface area (Å²) in [6.07, 6.45) is 1.33. The molecule has 1 aromatic heterocycles. The van der Waals surface area contributed by atoms with Crippen molar-refractivity contribution < 1.29 is 13.2 Å². The summed E-state index contributed by atoms with van der Waals surface area (Å²) in [6.45, 7) is 0.631. The Morgan fingerprint density at radius 2 is 2.09 bits per heavy atom. The summed E-state index contributed by atoms with van der Waals surface area (Å²) >= 11 is 1.65. The highest BCUT2D eigenvalue weighted by Gasteiger charge is 2.31. The number of rotatable bonds is 4. The lowest BCUT2D eigenvalue weighted by Crippen LogP contribution is -2.40. The second-order valence-corrected chi connectivity index (χ2v) is 8.76. The van der Waals surface area contributed by atoms with Crippen LogP contribution in [0.5, 0.6) is 0 Å². The molecule has 1 aromatic carbocycles. The van der Waals surface area contributed by atoms with E-state index in [0.29, 0.717) is 19.4 Å². The summed E-state index contributed by atoms with van der Waals surface area (Å²) in [6, 6.07) is 7.73. The lowest BCUT2D eigenvalue weighted by molar-refractivity contribution is 0.240. The molecule has 0 aliphatic carbocycles. The lowest BCUT2D eigenvalue weighted by Gasteiger charge is -2.11. The van der Waals surface area contributed by atoms with E-state index in [0.717, 1.165) is 10.9 Å². The Morgan fingerprint density at radius 3 is 2.86 bits per heavy atom. The highest BCUT2D eigenvalue weighted by Crippen LogP contribution is 2.25. The van der Waals surface area contributed by atoms with Crippen LogP contribution >= 0.6 is 11.3 Å². The number of sulfone groups is 1. The van der Waals surface area contributed by atoms with Gasteiger partial charge in [-0.1, -0.05) is 18.2 Å². The third-order valence-electron chi connectivity index (χ3n) is 3.95. The van der Waals surface area contributed by atoms with E-state index in [1.54, 1.807) is 11.3 Å². The highest BCUT2D eigenvalue weighted by atomic mass is 32.2. The van der Waals surface area contributed by atoms with Gasteiger partial charge in [0.2, 0.25) is 0 Å². The van der Waals surface area contributed by atoms with Crippen LogP contribution in [-0.2, 0) is 16.4 Å². The Morgan fingerprint density at radius 1 is 1.27 bits per heavy atom. The first kappa shape index (κ1) is 15.3. The minimum absolute atomic E-state index is 0.193. The Balaban J connectivity index is 1.52. The molecule has 1 aliphatic rings. The van der Waals surface area contributed by atoms with E-state index < -0.39 is 15.1 Å². The average molecular weight is 338 g/mol. The van der Waals surface area contributed by atoms with Gasteiger partial charge in [0, 0.05) is 17.8 Å². The van der Waals surface area contributed by atoms with E-state index in [1.165, 1.54) is 4.70 Å². The van der Waals surface area contributed by atoms with Crippen molar-refractivity contribution in [2.24, 2.45) is 0 Å². The first-order chi connectivity index (χ1) is 10.6. The summed E-state index contributed by atoms with van der Waals surface area (Å²) in [7, 11) is -3.01. The van der Waals surface area contributed by atoms with Gasteiger partial charge in [0.1, 0.15) is 0 Å². The fourth-order valence-corrected chi connectivity index (χ4v) is 5.43. The molecule has 0 spiro atoms. The maximum atomic E-state index is 11.8. The van der Waals surface area contributed by atoms with Crippen LogP contribution in [0.2, 0.25) is 0 Å². The largest absolute Gasteiger partial charge is 0.337 e. The van der Waals surface area contributed by atoms with Crippen LogP contribution in [-0.4, -0.2) is 32.0 Å². The maximum Gasteiger partial charge on any atom is 0.315 e. The van der Waals surface area contributed by atoms with Crippen LogP contribution < -0.4 is 10.6 Å². The number of hydrogen-bond donors (Lipinski definition) is 2. The summed E-state index contributed by atoms with van der Waals surface area (Å²) in [5.41, 5.74) is 1.07. The average Bonchev–Trinajstić information content (AvgIpc) is 3.06. The number of fused-ring (bicyclic) bond motifs is 1. The first-order valence-corrected chi connectivity index (χ1v) is 9.84. The minimum atomic E-state index is -3.01. The van der Waals surface area contributed by atoms with Gasteiger partial charge in [0.05, 0.1) is 11.0 Å². The Kier molecular flexibility index (Phi) is 4.35. The van der Waals surface area contributed by atoms with Gasteiger partial charge in [-0.15, -0.1) is 11.3 Å². The van der Waals surface area contributed by atoms with Crippen LogP contribution in [0, 0.1) is 0 Å². The van der Waals surface area contributed by atoms with Gasteiger partial charge < -0.3 is 10.6 Å². The number of carbonyl (C=O) groups excluding carboxylic acids is 1. The number of amides is 2. The van der Waals surface area contributed by atoms with Crippen LogP contribution in [0.1, 0.15) is 18.4 Å². The predicted molar refractivity (Wildman–Crippen MR) is 88.9 cm³/mol. The molecule has 3 rings (SSSR count). The second kappa shape index (κ2) is 6.26. The maximum absolute atomic E-state index is 11.8. The molecule has 5 nitrogen and oxygen atoms in total. The third kappa shape index (κ3) is 3.25. The molecule has 22 heavy (non-hydrogen) atoms. The SMILES string of the molecule is O=C(NCc1csc2ccccc12)NCC1CCCS1(=O)=O. The predicted octanol–water partition coefficient (Wildman–Crippen LogP) is 2.28. The van der Waals surface area contributed by atoms with Crippen molar-refractivity contribution in [3.8, 4) is 0 Å². The standard InChI is InChI=1S/C15H18N2O3S2/c18-15(17-9-12-4-3-7-22(12,19)20)16-8-11-10-21-14-6-2-1-5-13(11)14/h1-2,5-6,10,12H,3-4,7-9H2,(H2,16,17,18). The Hall–Kier alpha value is -1.60. The van der Waals surface area contributed by atoms with E-state index in [-0.39, 0.29) is 18.3 Å². The molecule has 2 heterocycles. The molecule has 7 heteroatoms. The number of hydrogen-bond acceptors (Lipinski definition) is 4. The van der Waals surface area contributed by atoms with E-state index in [1.807, 2.05) is 23.6 Å². The van der Waals surface area contributed by atoms with Gasteiger partial charge >= 0.3 is 6.03 Å². The number of carbonyl (C=O) groups is 1. The normalized spacial score (nSPS) is 20.1. The zero-order valence-corrected chi connectivity index (χ0v) is 13.7. The van der Waals surface area contributed by atoms with E-state index in [2.05, 4.69) is 16.7 Å². The van der Waals surface area contributed by atoms with E-state index in [9.17, 15) is 13.2 Å². The van der Waals surface area contributed by atoms with Crippen molar-refractivity contribution in [3.63, 3.8) is 0 Å². The van der Waals surface area contributed by atoms with Crippen LogP contribution in [0.4, 0.5) is 4.79 Å². The highest BCUT2D eigenvalue weighted by molar-refractivity contribution is 7.92. The molecular formula is C15H18N2O3S2. The number of nitrogens with one attached hydrogen (secondary N) is 2. The van der Waals surface area contributed by atoms with Crippen molar-refractivity contribution in [1.29, 1.82) is 0 Å². The lowest BCUT2D eigenvalue weighted by atomic mass is 10.2.